The lowest BCUT2D eigenvalue weighted by Gasteiger charge is -2.41. The number of benzene rings is 1. The first kappa shape index (κ1) is 20.6. The second-order valence-electron chi connectivity index (χ2n) is 8.00. The number of nitrogens with zero attached hydrogens (tertiary/aromatic N) is 2. The third-order valence-electron chi connectivity index (χ3n) is 6.00. The van der Waals surface area contributed by atoms with Crippen molar-refractivity contribution in [1.82, 2.24) is 4.90 Å². The summed E-state index contributed by atoms with van der Waals surface area (Å²) in [5, 5.41) is 12.4. The van der Waals surface area contributed by atoms with Crippen molar-refractivity contribution in [2.75, 3.05) is 36.4 Å². The molecule has 0 atom stereocenters. The molecule has 0 saturated carbocycles. The van der Waals surface area contributed by atoms with Crippen molar-refractivity contribution in [1.29, 1.82) is 0 Å². The van der Waals surface area contributed by atoms with Crippen molar-refractivity contribution in [2.24, 2.45) is 0 Å². The molecule has 28 heavy (non-hydrogen) atoms. The van der Waals surface area contributed by atoms with Crippen LogP contribution < -0.4 is 10.2 Å². The maximum Gasteiger partial charge on any atom is 0.337 e. The standard InChI is InChI=1S/C22H33N3O3/c1-2-3-7-21(26)23-20-9-8-18(16-19(20)22(27)28)25-14-10-17(11-15-25)24-12-5-4-6-13-24/h8-9,16-17H,2-7,10-15H2,1H3,(H,23,26)(H,27,28). The number of aromatic carboxylic acids is 1. The predicted octanol–water partition coefficient (Wildman–Crippen LogP) is 3.97. The van der Waals surface area contributed by atoms with Crippen molar-refractivity contribution >= 4 is 23.3 Å². The molecule has 1 aromatic rings. The summed E-state index contributed by atoms with van der Waals surface area (Å²) < 4.78 is 0. The monoisotopic (exact) mass is 387 g/mol. The Hall–Kier alpha value is -2.08. The summed E-state index contributed by atoms with van der Waals surface area (Å²) >= 11 is 0. The molecule has 6 nitrogen and oxygen atoms in total. The number of amides is 1. The summed E-state index contributed by atoms with van der Waals surface area (Å²) in [7, 11) is 0. The zero-order valence-corrected chi connectivity index (χ0v) is 17.0. The summed E-state index contributed by atoms with van der Waals surface area (Å²) in [5.41, 5.74) is 1.49. The van der Waals surface area contributed by atoms with Crippen molar-refractivity contribution in [2.45, 2.75) is 64.3 Å². The zero-order valence-electron chi connectivity index (χ0n) is 17.0. The van der Waals surface area contributed by atoms with E-state index < -0.39 is 5.97 Å². The Morgan fingerprint density at radius 3 is 2.46 bits per heavy atom. The van der Waals surface area contributed by atoms with Gasteiger partial charge in [0.1, 0.15) is 0 Å². The third-order valence-corrected chi connectivity index (χ3v) is 6.00. The van der Waals surface area contributed by atoms with E-state index in [2.05, 4.69) is 15.1 Å². The highest BCUT2D eigenvalue weighted by Gasteiger charge is 2.26. The number of hydrogen-bond donors (Lipinski definition) is 2. The molecule has 3 rings (SSSR count). The molecular weight excluding hydrogens is 354 g/mol. The van der Waals surface area contributed by atoms with Crippen LogP contribution in [0.15, 0.2) is 18.2 Å². The highest BCUT2D eigenvalue weighted by atomic mass is 16.4. The summed E-state index contributed by atoms with van der Waals surface area (Å²) in [4.78, 5) is 28.6. The topological polar surface area (TPSA) is 72.9 Å². The molecule has 6 heteroatoms. The fourth-order valence-electron chi connectivity index (χ4n) is 4.34. The molecule has 1 aromatic carbocycles. The molecule has 2 aliphatic heterocycles. The molecule has 0 spiro atoms. The molecule has 2 aliphatic rings. The second-order valence-corrected chi connectivity index (χ2v) is 8.00. The summed E-state index contributed by atoms with van der Waals surface area (Å²) in [6.07, 6.45) is 8.39. The summed E-state index contributed by atoms with van der Waals surface area (Å²) in [6.45, 7) is 6.37. The van der Waals surface area contributed by atoms with E-state index in [4.69, 9.17) is 0 Å². The molecule has 0 unspecified atom stereocenters. The number of unbranched alkanes of at least 4 members (excludes halogenated alkanes) is 1. The molecule has 2 fully saturated rings. The van der Waals surface area contributed by atoms with Gasteiger partial charge in [0.2, 0.25) is 5.91 Å². The minimum atomic E-state index is -1.00. The van der Waals surface area contributed by atoms with E-state index in [1.165, 1.54) is 32.4 Å². The lowest BCUT2D eigenvalue weighted by atomic mass is 9.99. The van der Waals surface area contributed by atoms with Gasteiger partial charge in [-0.3, -0.25) is 4.79 Å². The molecule has 2 saturated heterocycles. The summed E-state index contributed by atoms with van der Waals surface area (Å²) in [6, 6.07) is 6.04. The maximum atomic E-state index is 12.0. The van der Waals surface area contributed by atoms with Crippen LogP contribution in [-0.4, -0.2) is 54.1 Å². The number of rotatable bonds is 7. The van der Waals surface area contributed by atoms with Gasteiger partial charge < -0.3 is 20.2 Å². The number of piperidine rings is 2. The van der Waals surface area contributed by atoms with Crippen LogP contribution in [0.25, 0.3) is 0 Å². The van der Waals surface area contributed by atoms with E-state index in [1.54, 1.807) is 12.1 Å². The minimum absolute atomic E-state index is 0.126. The third kappa shape index (κ3) is 5.25. The van der Waals surface area contributed by atoms with Crippen LogP contribution in [0.1, 0.15) is 68.6 Å². The van der Waals surface area contributed by atoms with Gasteiger partial charge in [-0.05, 0) is 63.4 Å². The normalized spacial score (nSPS) is 18.8. The van der Waals surface area contributed by atoms with E-state index in [-0.39, 0.29) is 11.5 Å². The molecule has 0 aromatic heterocycles. The second kappa shape index (κ2) is 9.92. The molecule has 1 amide bonds. The highest BCUT2D eigenvalue weighted by molar-refractivity contribution is 6.01. The van der Waals surface area contributed by atoms with Gasteiger partial charge in [0.05, 0.1) is 11.3 Å². The number of hydrogen-bond acceptors (Lipinski definition) is 4. The van der Waals surface area contributed by atoms with E-state index in [0.717, 1.165) is 44.5 Å². The number of anilines is 2. The molecule has 2 heterocycles. The van der Waals surface area contributed by atoms with Crippen LogP contribution in [0.4, 0.5) is 11.4 Å². The van der Waals surface area contributed by atoms with E-state index in [9.17, 15) is 14.7 Å². The van der Waals surface area contributed by atoms with Gasteiger partial charge in [0, 0.05) is 31.2 Å². The maximum absolute atomic E-state index is 12.0. The van der Waals surface area contributed by atoms with Gasteiger partial charge in [0.15, 0.2) is 0 Å². The fraction of sp³-hybridized carbons (Fsp3) is 0.636. The first-order valence-corrected chi connectivity index (χ1v) is 10.7. The average Bonchev–Trinajstić information content (AvgIpc) is 2.73. The van der Waals surface area contributed by atoms with Crippen LogP contribution in [0.5, 0.6) is 0 Å². The quantitative estimate of drug-likeness (QED) is 0.741. The molecule has 0 aliphatic carbocycles. The molecule has 154 valence electrons. The number of likely N-dealkylation sites (tertiary alicyclic amines) is 1. The largest absolute Gasteiger partial charge is 0.478 e. The zero-order chi connectivity index (χ0) is 19.9. The molecule has 0 bridgehead atoms. The molecule has 2 N–H and O–H groups in total. The Morgan fingerprint density at radius 1 is 1.11 bits per heavy atom. The lowest BCUT2D eigenvalue weighted by Crippen LogP contribution is -2.46. The number of carbonyl (C=O) groups excluding carboxylic acids is 1. The van der Waals surface area contributed by atoms with Crippen LogP contribution >= 0.6 is 0 Å². The number of carboxylic acid groups (broad SMARTS) is 1. The van der Waals surface area contributed by atoms with Gasteiger partial charge in [0.25, 0.3) is 0 Å². The predicted molar refractivity (Wildman–Crippen MR) is 112 cm³/mol. The van der Waals surface area contributed by atoms with Crippen molar-refractivity contribution < 1.29 is 14.7 Å². The Labute approximate surface area is 167 Å². The fourth-order valence-corrected chi connectivity index (χ4v) is 4.34. The van der Waals surface area contributed by atoms with Crippen molar-refractivity contribution in [3.63, 3.8) is 0 Å². The van der Waals surface area contributed by atoms with Crippen LogP contribution in [0.3, 0.4) is 0 Å². The smallest absolute Gasteiger partial charge is 0.337 e. The van der Waals surface area contributed by atoms with Gasteiger partial charge in [-0.1, -0.05) is 19.8 Å². The van der Waals surface area contributed by atoms with Crippen molar-refractivity contribution in [3.8, 4) is 0 Å². The number of carboxylic acids is 1. The van der Waals surface area contributed by atoms with Crippen molar-refractivity contribution in [3.05, 3.63) is 23.8 Å². The first-order chi connectivity index (χ1) is 13.6. The van der Waals surface area contributed by atoms with Gasteiger partial charge >= 0.3 is 5.97 Å². The first-order valence-electron chi connectivity index (χ1n) is 10.7. The van der Waals surface area contributed by atoms with Crippen LogP contribution in [0.2, 0.25) is 0 Å². The van der Waals surface area contributed by atoms with Gasteiger partial charge in [-0.25, -0.2) is 4.79 Å². The van der Waals surface area contributed by atoms with Gasteiger partial charge in [-0.15, -0.1) is 0 Å². The SMILES string of the molecule is CCCCC(=O)Nc1ccc(N2CCC(N3CCCCC3)CC2)cc1C(=O)O. The number of nitrogens with one attached hydrogen (secondary N) is 1. The summed E-state index contributed by atoms with van der Waals surface area (Å²) in [5.74, 6) is -1.13. The van der Waals surface area contributed by atoms with E-state index in [1.807, 2.05) is 13.0 Å². The van der Waals surface area contributed by atoms with E-state index >= 15 is 0 Å². The lowest BCUT2D eigenvalue weighted by molar-refractivity contribution is -0.116. The Morgan fingerprint density at radius 2 is 1.82 bits per heavy atom. The van der Waals surface area contributed by atoms with Gasteiger partial charge in [-0.2, -0.15) is 0 Å². The minimum Gasteiger partial charge on any atom is -0.478 e. The number of carbonyl (C=O) groups is 2. The van der Waals surface area contributed by atoms with Crippen LogP contribution in [0, 0.1) is 0 Å². The van der Waals surface area contributed by atoms with E-state index in [0.29, 0.717) is 18.2 Å². The average molecular weight is 388 g/mol. The molecular formula is C22H33N3O3. The Bertz CT molecular complexity index is 678. The van der Waals surface area contributed by atoms with Crippen LogP contribution in [-0.2, 0) is 4.79 Å². The highest BCUT2D eigenvalue weighted by Crippen LogP contribution is 2.28. The Kier molecular flexibility index (Phi) is 7.31. The molecule has 0 radical (unpaired) electrons. The Balaban J connectivity index is 1.63.